The molecular weight excluding hydrogens is 516 g/mol. The predicted molar refractivity (Wildman–Crippen MR) is 159 cm³/mol. The van der Waals surface area contributed by atoms with E-state index in [0.717, 1.165) is 29.9 Å². The number of halogens is 1. The normalized spacial score (nSPS) is 11.2. The zero-order chi connectivity index (χ0) is 28.5. The molecule has 4 aromatic rings. The van der Waals surface area contributed by atoms with E-state index >= 15 is 0 Å². The van der Waals surface area contributed by atoms with Crippen LogP contribution in [-0.2, 0) is 0 Å². The number of anilines is 3. The van der Waals surface area contributed by atoms with Gasteiger partial charge in [-0.05, 0) is 94.3 Å². The monoisotopic (exact) mass is 550 g/mol. The molecule has 0 amide bonds. The summed E-state index contributed by atoms with van der Waals surface area (Å²) in [7, 11) is 5.92. The first-order chi connectivity index (χ1) is 18.6. The van der Waals surface area contributed by atoms with E-state index in [1.165, 1.54) is 0 Å². The molecule has 0 bridgehead atoms. The molecule has 0 atom stereocenters. The molecule has 6 N–H and O–H groups in total. The fraction of sp³-hybridized carbons (Fsp3) is 0.296. The lowest BCUT2D eigenvalue weighted by atomic mass is 10.0. The minimum absolute atomic E-state index is 0.114. The summed E-state index contributed by atoms with van der Waals surface area (Å²) in [6.07, 6.45) is 0. The Morgan fingerprint density at radius 1 is 0.949 bits per heavy atom. The number of benzene rings is 3. The Kier molecular flexibility index (Phi) is 10.5. The topological polar surface area (TPSA) is 149 Å². The molecule has 11 nitrogen and oxygen atoms in total. The highest BCUT2D eigenvalue weighted by atomic mass is 35.5. The van der Waals surface area contributed by atoms with Gasteiger partial charge in [-0.25, -0.2) is 4.98 Å². The van der Waals surface area contributed by atoms with Crippen LogP contribution in [-0.4, -0.2) is 59.4 Å². The van der Waals surface area contributed by atoms with E-state index in [9.17, 15) is 5.11 Å². The molecule has 0 saturated heterocycles. The molecule has 0 aliphatic carbocycles. The van der Waals surface area contributed by atoms with E-state index in [4.69, 9.17) is 17.3 Å². The third-order valence-electron chi connectivity index (χ3n) is 5.54. The SMILES string of the molecule is CNCN(C)CNC.Cc1cc(O)c2c(N=Nc3cc(Nc4nc(C)nc(Cl)n4)ccc3C)c(N)ccc2c1. The second kappa shape index (κ2) is 13.8. The van der Waals surface area contributed by atoms with Crippen LogP contribution >= 0.6 is 11.6 Å². The highest BCUT2D eigenvalue weighted by molar-refractivity contribution is 6.28. The summed E-state index contributed by atoms with van der Waals surface area (Å²) in [4.78, 5) is 14.4. The van der Waals surface area contributed by atoms with Crippen LogP contribution in [0.25, 0.3) is 10.8 Å². The standard InChI is InChI=1S/C22H20ClN7O.C5H15N3/c1-11-8-14-5-7-16(24)20(19(14)18(31)9-11)30-29-17-10-15(6-4-12(17)2)27-22-26-13(3)25-21(23)28-22;1-6-4-8(3)5-7-2/h4-10,31H,24H2,1-3H3,(H,25,26,27,28);6-7H,4-5H2,1-3H3. The van der Waals surface area contributed by atoms with Crippen molar-refractivity contribution in [3.8, 4) is 5.75 Å². The van der Waals surface area contributed by atoms with E-state index < -0.39 is 0 Å². The van der Waals surface area contributed by atoms with Crippen LogP contribution in [0.3, 0.4) is 0 Å². The van der Waals surface area contributed by atoms with Gasteiger partial charge in [0.05, 0.1) is 16.8 Å². The summed E-state index contributed by atoms with van der Waals surface area (Å²) in [5.41, 5.74) is 10.2. The van der Waals surface area contributed by atoms with E-state index in [-0.39, 0.29) is 11.0 Å². The summed E-state index contributed by atoms with van der Waals surface area (Å²) in [5.74, 6) is 0.962. The van der Waals surface area contributed by atoms with Crippen LogP contribution in [0.1, 0.15) is 17.0 Å². The lowest BCUT2D eigenvalue weighted by Gasteiger charge is -2.13. The number of nitrogens with zero attached hydrogens (tertiary/aromatic N) is 6. The summed E-state index contributed by atoms with van der Waals surface area (Å²) in [5, 5.41) is 29.9. The molecule has 1 heterocycles. The van der Waals surface area contributed by atoms with Crippen LogP contribution in [0.15, 0.2) is 52.7 Å². The molecule has 1 aromatic heterocycles. The summed E-state index contributed by atoms with van der Waals surface area (Å²) in [6, 6.07) is 12.9. The smallest absolute Gasteiger partial charge is 0.231 e. The highest BCUT2D eigenvalue weighted by Crippen LogP contribution is 2.40. The van der Waals surface area contributed by atoms with Crippen molar-refractivity contribution >= 4 is 51.1 Å². The average Bonchev–Trinajstić information content (AvgIpc) is 2.85. The van der Waals surface area contributed by atoms with E-state index in [0.29, 0.717) is 39.9 Å². The number of hydrogen-bond donors (Lipinski definition) is 5. The molecule has 0 fully saturated rings. The van der Waals surface area contributed by atoms with Crippen LogP contribution in [0, 0.1) is 20.8 Å². The zero-order valence-corrected chi connectivity index (χ0v) is 23.8. The number of aromatic nitrogens is 3. The minimum Gasteiger partial charge on any atom is -0.507 e. The number of rotatable bonds is 8. The molecule has 0 unspecified atom stereocenters. The van der Waals surface area contributed by atoms with Crippen molar-refractivity contribution in [3.05, 3.63) is 64.7 Å². The molecule has 0 aliphatic rings. The minimum atomic E-state index is 0.114. The Balaban J connectivity index is 0.000000459. The summed E-state index contributed by atoms with van der Waals surface area (Å²) in [6.45, 7) is 7.44. The number of aromatic hydroxyl groups is 1. The second-order valence-electron chi connectivity index (χ2n) is 9.07. The molecule has 4 rings (SSSR count). The van der Waals surface area contributed by atoms with Crippen molar-refractivity contribution in [2.75, 3.05) is 45.5 Å². The first-order valence-corrected chi connectivity index (χ1v) is 12.7. The number of nitrogens with one attached hydrogen (secondary N) is 3. The summed E-state index contributed by atoms with van der Waals surface area (Å²) < 4.78 is 0. The maximum absolute atomic E-state index is 10.5. The van der Waals surface area contributed by atoms with Gasteiger partial charge in [0.25, 0.3) is 0 Å². The van der Waals surface area contributed by atoms with Crippen molar-refractivity contribution in [3.63, 3.8) is 0 Å². The molecule has 0 aliphatic heterocycles. The number of hydrogen-bond acceptors (Lipinski definition) is 11. The highest BCUT2D eigenvalue weighted by Gasteiger charge is 2.11. The van der Waals surface area contributed by atoms with Crippen LogP contribution in [0.4, 0.5) is 28.7 Å². The number of nitrogen functional groups attached to an aromatic ring is 1. The second-order valence-corrected chi connectivity index (χ2v) is 9.40. The van der Waals surface area contributed by atoms with Gasteiger partial charge >= 0.3 is 0 Å². The predicted octanol–water partition coefficient (Wildman–Crippen LogP) is 5.32. The number of phenols is 1. The Morgan fingerprint density at radius 3 is 2.33 bits per heavy atom. The lowest BCUT2D eigenvalue weighted by Crippen LogP contribution is -2.34. The molecule has 206 valence electrons. The van der Waals surface area contributed by atoms with Gasteiger partial charge in [0.15, 0.2) is 0 Å². The molecule has 12 heteroatoms. The largest absolute Gasteiger partial charge is 0.507 e. The van der Waals surface area contributed by atoms with Gasteiger partial charge in [0, 0.05) is 19.0 Å². The van der Waals surface area contributed by atoms with Crippen molar-refractivity contribution in [1.82, 2.24) is 30.5 Å². The number of nitrogens with two attached hydrogens (primary N) is 1. The van der Waals surface area contributed by atoms with Gasteiger partial charge in [-0.15, -0.1) is 5.11 Å². The van der Waals surface area contributed by atoms with Gasteiger partial charge in [0.1, 0.15) is 17.3 Å². The maximum atomic E-state index is 10.5. The summed E-state index contributed by atoms with van der Waals surface area (Å²) >= 11 is 5.91. The van der Waals surface area contributed by atoms with Gasteiger partial charge in [-0.3, -0.25) is 4.90 Å². The first kappa shape index (κ1) is 29.7. The fourth-order valence-electron chi connectivity index (χ4n) is 3.82. The molecule has 0 radical (unpaired) electrons. The van der Waals surface area contributed by atoms with Crippen molar-refractivity contribution < 1.29 is 5.11 Å². The van der Waals surface area contributed by atoms with Crippen LogP contribution in [0.2, 0.25) is 5.28 Å². The first-order valence-electron chi connectivity index (χ1n) is 12.3. The zero-order valence-electron chi connectivity index (χ0n) is 23.0. The Morgan fingerprint density at radius 2 is 1.67 bits per heavy atom. The fourth-order valence-corrected chi connectivity index (χ4v) is 4.03. The van der Waals surface area contributed by atoms with Gasteiger partial charge < -0.3 is 26.8 Å². The van der Waals surface area contributed by atoms with Gasteiger partial charge in [0.2, 0.25) is 11.2 Å². The lowest BCUT2D eigenvalue weighted by molar-refractivity contribution is 0.302. The van der Waals surface area contributed by atoms with Crippen molar-refractivity contribution in [1.29, 1.82) is 0 Å². The van der Waals surface area contributed by atoms with Crippen molar-refractivity contribution in [2.45, 2.75) is 20.8 Å². The van der Waals surface area contributed by atoms with E-state index in [1.807, 2.05) is 65.3 Å². The Hall–Kier alpha value is -3.90. The average molecular weight is 551 g/mol. The molecular formula is C27H35ClN10O. The maximum Gasteiger partial charge on any atom is 0.231 e. The van der Waals surface area contributed by atoms with Crippen molar-refractivity contribution in [2.24, 2.45) is 10.2 Å². The van der Waals surface area contributed by atoms with Gasteiger partial charge in [-0.1, -0.05) is 18.2 Å². The molecule has 39 heavy (non-hydrogen) atoms. The third kappa shape index (κ3) is 8.29. The molecule has 0 spiro atoms. The van der Waals surface area contributed by atoms with Gasteiger partial charge in [-0.2, -0.15) is 15.1 Å². The van der Waals surface area contributed by atoms with Crippen LogP contribution < -0.4 is 21.7 Å². The quantitative estimate of drug-likeness (QED) is 0.111. The number of phenolic OH excluding ortho intramolecular Hbond substituents is 1. The Bertz CT molecular complexity index is 1430. The number of fused-ring (bicyclic) bond motifs is 1. The Labute approximate surface area is 233 Å². The number of aryl methyl sites for hydroxylation is 3. The van der Waals surface area contributed by atoms with E-state index in [1.54, 1.807) is 19.1 Å². The molecule has 0 saturated carbocycles. The van der Waals surface area contributed by atoms with E-state index in [2.05, 4.69) is 46.0 Å². The van der Waals surface area contributed by atoms with Crippen LogP contribution in [0.5, 0.6) is 5.75 Å². The molecule has 3 aromatic carbocycles. The third-order valence-corrected chi connectivity index (χ3v) is 5.71. The number of azo groups is 1.